The molecule has 0 atom stereocenters. The molecule has 13 heavy (non-hydrogen) atoms. The minimum atomic E-state index is -0.602. The topological polar surface area (TPSA) is 0 Å². The Morgan fingerprint density at radius 3 is 2.31 bits per heavy atom. The molecule has 0 heterocycles. The first-order valence-corrected chi connectivity index (χ1v) is 4.41. The molecular weight excluding hydrogens is 190 g/mol. The van der Waals surface area contributed by atoms with Crippen molar-refractivity contribution in [2.45, 2.75) is 6.42 Å². The van der Waals surface area contributed by atoms with E-state index in [9.17, 15) is 8.78 Å². The summed E-state index contributed by atoms with van der Waals surface area (Å²) in [5.74, 6) is 4.83. The summed E-state index contributed by atoms with van der Waals surface area (Å²) in [4.78, 5) is 0. The molecule has 1 aromatic rings. The summed E-state index contributed by atoms with van der Waals surface area (Å²) >= 11 is 3.96. The Morgan fingerprint density at radius 2 is 1.77 bits per heavy atom. The van der Waals surface area contributed by atoms with Crippen molar-refractivity contribution >= 4 is 12.6 Å². The number of hydrogen-bond acceptors (Lipinski definition) is 1. The molecule has 1 rings (SSSR count). The van der Waals surface area contributed by atoms with Crippen LogP contribution in [0.1, 0.15) is 12.0 Å². The highest BCUT2D eigenvalue weighted by atomic mass is 32.1. The number of thiol groups is 1. The van der Waals surface area contributed by atoms with Gasteiger partial charge in [-0.2, -0.15) is 12.6 Å². The lowest BCUT2D eigenvalue weighted by Crippen LogP contribution is -1.82. The van der Waals surface area contributed by atoms with Crippen LogP contribution in [0.3, 0.4) is 0 Å². The zero-order valence-corrected chi connectivity index (χ0v) is 7.74. The van der Waals surface area contributed by atoms with Gasteiger partial charge in [-0.3, -0.25) is 0 Å². The molecule has 0 aliphatic carbocycles. The van der Waals surface area contributed by atoms with Gasteiger partial charge in [-0.05, 0) is 12.1 Å². The van der Waals surface area contributed by atoms with Crippen molar-refractivity contribution in [3.63, 3.8) is 0 Å². The van der Waals surface area contributed by atoms with E-state index in [4.69, 9.17) is 0 Å². The molecule has 0 radical (unpaired) electrons. The predicted octanol–water partition coefficient (Wildman–Crippen LogP) is 2.64. The number of halogens is 2. The molecule has 0 bridgehead atoms. The summed E-state index contributed by atoms with van der Waals surface area (Å²) in [6.07, 6.45) is 0.612. The molecule has 1 aromatic carbocycles. The van der Waals surface area contributed by atoms with Gasteiger partial charge in [-0.15, -0.1) is 0 Å². The zero-order valence-electron chi connectivity index (χ0n) is 6.85. The van der Waals surface area contributed by atoms with Crippen LogP contribution in [0.2, 0.25) is 0 Å². The van der Waals surface area contributed by atoms with E-state index < -0.39 is 11.6 Å². The van der Waals surface area contributed by atoms with Crippen LogP contribution < -0.4 is 0 Å². The van der Waals surface area contributed by atoms with E-state index in [1.807, 2.05) is 0 Å². The molecule has 0 aliphatic heterocycles. The van der Waals surface area contributed by atoms with Crippen molar-refractivity contribution in [2.24, 2.45) is 0 Å². The third-order valence-corrected chi connectivity index (χ3v) is 1.56. The largest absolute Gasteiger partial charge is 0.207 e. The van der Waals surface area contributed by atoms with Gasteiger partial charge in [0.2, 0.25) is 0 Å². The van der Waals surface area contributed by atoms with Crippen LogP contribution in [-0.4, -0.2) is 5.75 Å². The molecule has 0 fully saturated rings. The monoisotopic (exact) mass is 198 g/mol. The second-order valence-corrected chi connectivity index (χ2v) is 2.88. The van der Waals surface area contributed by atoms with Crippen molar-refractivity contribution in [2.75, 3.05) is 5.75 Å². The highest BCUT2D eigenvalue weighted by Crippen LogP contribution is 2.06. The molecule has 0 unspecified atom stereocenters. The fourth-order valence-electron chi connectivity index (χ4n) is 0.846. The van der Waals surface area contributed by atoms with Gasteiger partial charge in [0, 0.05) is 23.8 Å². The van der Waals surface area contributed by atoms with Crippen molar-refractivity contribution in [1.82, 2.24) is 0 Å². The highest BCUT2D eigenvalue weighted by molar-refractivity contribution is 7.80. The van der Waals surface area contributed by atoms with Gasteiger partial charge in [0.05, 0.1) is 0 Å². The van der Waals surface area contributed by atoms with Gasteiger partial charge >= 0.3 is 0 Å². The average molecular weight is 198 g/mol. The molecule has 0 aliphatic rings. The Bertz CT molecular complexity index is 329. The van der Waals surface area contributed by atoms with Crippen LogP contribution in [0.5, 0.6) is 0 Å². The Kier molecular flexibility index (Phi) is 3.78. The number of benzene rings is 1. The lowest BCUT2D eigenvalue weighted by Gasteiger charge is -1.92. The molecule has 0 spiro atoms. The maximum absolute atomic E-state index is 12.6. The number of hydrogen-bond donors (Lipinski definition) is 1. The third kappa shape index (κ3) is 3.47. The molecule has 0 amide bonds. The predicted molar refractivity (Wildman–Crippen MR) is 51.7 cm³/mol. The van der Waals surface area contributed by atoms with E-state index in [-0.39, 0.29) is 0 Å². The molecule has 0 nitrogen and oxygen atoms in total. The standard InChI is InChI=1S/C10H8F2S/c11-9-5-8(3-1-2-4-13)6-10(12)7-9/h5-7,13H,2,4H2. The van der Waals surface area contributed by atoms with Gasteiger partial charge < -0.3 is 0 Å². The lowest BCUT2D eigenvalue weighted by molar-refractivity contribution is 0.582. The van der Waals surface area contributed by atoms with E-state index in [1.165, 1.54) is 12.1 Å². The minimum Gasteiger partial charge on any atom is -0.207 e. The maximum Gasteiger partial charge on any atom is 0.127 e. The summed E-state index contributed by atoms with van der Waals surface area (Å²) in [5, 5.41) is 0. The van der Waals surface area contributed by atoms with Crippen molar-refractivity contribution in [3.8, 4) is 11.8 Å². The van der Waals surface area contributed by atoms with E-state index in [2.05, 4.69) is 24.5 Å². The van der Waals surface area contributed by atoms with E-state index in [0.717, 1.165) is 6.07 Å². The van der Waals surface area contributed by atoms with E-state index in [0.29, 0.717) is 17.7 Å². The number of rotatable bonds is 1. The second-order valence-electron chi connectivity index (χ2n) is 2.43. The van der Waals surface area contributed by atoms with Crippen LogP contribution in [0.15, 0.2) is 18.2 Å². The molecule has 0 N–H and O–H groups in total. The Morgan fingerprint density at radius 1 is 1.15 bits per heavy atom. The van der Waals surface area contributed by atoms with Crippen LogP contribution in [0.4, 0.5) is 8.78 Å². The van der Waals surface area contributed by atoms with Crippen LogP contribution in [0.25, 0.3) is 0 Å². The highest BCUT2D eigenvalue weighted by Gasteiger charge is 1.96. The first-order chi connectivity index (χ1) is 6.22. The normalized spacial score (nSPS) is 9.15. The average Bonchev–Trinajstić information content (AvgIpc) is 2.03. The Balaban J connectivity index is 2.85. The van der Waals surface area contributed by atoms with Crippen molar-refractivity contribution < 1.29 is 8.78 Å². The maximum atomic E-state index is 12.6. The van der Waals surface area contributed by atoms with Gasteiger partial charge in [0.1, 0.15) is 11.6 Å². The fourth-order valence-corrected chi connectivity index (χ4v) is 0.958. The molecule has 68 valence electrons. The summed E-state index contributed by atoms with van der Waals surface area (Å²) in [5.41, 5.74) is 0.360. The van der Waals surface area contributed by atoms with Crippen LogP contribution in [-0.2, 0) is 0 Å². The smallest absolute Gasteiger partial charge is 0.127 e. The van der Waals surface area contributed by atoms with E-state index >= 15 is 0 Å². The third-order valence-electron chi connectivity index (χ3n) is 1.33. The van der Waals surface area contributed by atoms with Gasteiger partial charge in [-0.25, -0.2) is 8.78 Å². The quantitative estimate of drug-likeness (QED) is 0.520. The summed E-state index contributed by atoms with van der Waals surface area (Å²) < 4.78 is 25.2. The summed E-state index contributed by atoms with van der Waals surface area (Å²) in [6, 6.07) is 3.23. The lowest BCUT2D eigenvalue weighted by atomic mass is 10.2. The van der Waals surface area contributed by atoms with Crippen molar-refractivity contribution in [3.05, 3.63) is 35.4 Å². The van der Waals surface area contributed by atoms with Gasteiger partial charge in [-0.1, -0.05) is 11.8 Å². The van der Waals surface area contributed by atoms with Crippen LogP contribution in [0, 0.1) is 23.5 Å². The minimum absolute atomic E-state index is 0.360. The molecule has 0 saturated carbocycles. The molecule has 3 heteroatoms. The second kappa shape index (κ2) is 4.88. The molecule has 0 aromatic heterocycles. The molecule has 0 saturated heterocycles. The first-order valence-electron chi connectivity index (χ1n) is 3.78. The molecular formula is C10H8F2S. The van der Waals surface area contributed by atoms with Crippen LogP contribution >= 0.6 is 12.6 Å². The Labute approximate surface area is 81.4 Å². The SMILES string of the molecule is Fc1cc(F)cc(C#CCCS)c1. The van der Waals surface area contributed by atoms with Crippen molar-refractivity contribution in [1.29, 1.82) is 0 Å². The summed E-state index contributed by atoms with van der Waals surface area (Å²) in [6.45, 7) is 0. The summed E-state index contributed by atoms with van der Waals surface area (Å²) in [7, 11) is 0. The zero-order chi connectivity index (χ0) is 9.68. The van der Waals surface area contributed by atoms with Gasteiger partial charge in [0.15, 0.2) is 0 Å². The Hall–Kier alpha value is -1.01. The fraction of sp³-hybridized carbons (Fsp3) is 0.200. The first kappa shape index (κ1) is 10.1. The van der Waals surface area contributed by atoms with E-state index in [1.54, 1.807) is 0 Å². The van der Waals surface area contributed by atoms with Gasteiger partial charge in [0.25, 0.3) is 0 Å².